The van der Waals surface area contributed by atoms with Crippen LogP contribution >= 0.6 is 0 Å². The molecule has 1 unspecified atom stereocenters. The van der Waals surface area contributed by atoms with Crippen LogP contribution in [0.5, 0.6) is 0 Å². The minimum Gasteiger partial charge on any atom is -0.378 e. The number of morpholine rings is 1. The first-order chi connectivity index (χ1) is 9.42. The van der Waals surface area contributed by atoms with E-state index in [0.717, 1.165) is 58.3 Å². The molecule has 0 amide bonds. The van der Waals surface area contributed by atoms with Gasteiger partial charge in [0, 0.05) is 51.5 Å². The van der Waals surface area contributed by atoms with Gasteiger partial charge in [-0.25, -0.2) is 4.98 Å². The van der Waals surface area contributed by atoms with Gasteiger partial charge in [-0.15, -0.1) is 0 Å². The van der Waals surface area contributed by atoms with Crippen LogP contribution in [0.1, 0.15) is 0 Å². The van der Waals surface area contributed by atoms with E-state index in [1.807, 2.05) is 12.3 Å². The standard InChI is InChI=1S/C14H22N4O/c1-2-4-16-14(3-1)18-8-6-17(7-9-18)11-13-12-19-10-5-15-13/h1-4,13,15H,5-12H2. The summed E-state index contributed by atoms with van der Waals surface area (Å²) in [5.41, 5.74) is 0. The molecule has 5 heteroatoms. The zero-order valence-electron chi connectivity index (χ0n) is 11.3. The van der Waals surface area contributed by atoms with Gasteiger partial charge in [0.25, 0.3) is 0 Å². The number of ether oxygens (including phenoxy) is 1. The molecule has 5 nitrogen and oxygen atoms in total. The summed E-state index contributed by atoms with van der Waals surface area (Å²) in [6.45, 7) is 8.11. The molecular formula is C14H22N4O. The second kappa shape index (κ2) is 6.32. The molecule has 104 valence electrons. The fraction of sp³-hybridized carbons (Fsp3) is 0.643. The molecule has 0 spiro atoms. The number of piperazine rings is 1. The molecule has 0 bridgehead atoms. The van der Waals surface area contributed by atoms with Crippen molar-refractivity contribution >= 4 is 5.82 Å². The minimum atomic E-state index is 0.496. The summed E-state index contributed by atoms with van der Waals surface area (Å²) in [6.07, 6.45) is 1.87. The lowest BCUT2D eigenvalue weighted by atomic mass is 10.2. The first-order valence-corrected chi connectivity index (χ1v) is 7.11. The van der Waals surface area contributed by atoms with Crippen molar-refractivity contribution < 1.29 is 4.74 Å². The first-order valence-electron chi connectivity index (χ1n) is 7.11. The molecule has 1 N–H and O–H groups in total. The summed E-state index contributed by atoms with van der Waals surface area (Å²) in [4.78, 5) is 9.30. The van der Waals surface area contributed by atoms with Gasteiger partial charge in [-0.2, -0.15) is 0 Å². The van der Waals surface area contributed by atoms with E-state index in [9.17, 15) is 0 Å². The fourth-order valence-electron chi connectivity index (χ4n) is 2.75. The Balaban J connectivity index is 1.46. The maximum Gasteiger partial charge on any atom is 0.128 e. The molecule has 3 rings (SSSR count). The molecule has 19 heavy (non-hydrogen) atoms. The topological polar surface area (TPSA) is 40.6 Å². The van der Waals surface area contributed by atoms with E-state index in [-0.39, 0.29) is 0 Å². The van der Waals surface area contributed by atoms with Crippen molar-refractivity contribution in [1.29, 1.82) is 0 Å². The van der Waals surface area contributed by atoms with E-state index in [0.29, 0.717) is 6.04 Å². The number of nitrogens with zero attached hydrogens (tertiary/aromatic N) is 3. The van der Waals surface area contributed by atoms with Crippen LogP contribution < -0.4 is 10.2 Å². The van der Waals surface area contributed by atoms with Gasteiger partial charge >= 0.3 is 0 Å². The van der Waals surface area contributed by atoms with Crippen LogP contribution in [0.15, 0.2) is 24.4 Å². The Kier molecular flexibility index (Phi) is 4.27. The van der Waals surface area contributed by atoms with Crippen LogP contribution in [0.3, 0.4) is 0 Å². The number of aromatic nitrogens is 1. The van der Waals surface area contributed by atoms with Gasteiger partial charge in [-0.05, 0) is 12.1 Å². The Morgan fingerprint density at radius 3 is 2.84 bits per heavy atom. The molecule has 2 aliphatic rings. The number of anilines is 1. The van der Waals surface area contributed by atoms with E-state index in [4.69, 9.17) is 4.74 Å². The number of hydrogen-bond acceptors (Lipinski definition) is 5. The van der Waals surface area contributed by atoms with Crippen molar-refractivity contribution in [3.63, 3.8) is 0 Å². The molecule has 1 atom stereocenters. The molecule has 0 saturated carbocycles. The quantitative estimate of drug-likeness (QED) is 0.842. The predicted octanol–water partition coefficient (Wildman–Crippen LogP) is 0.192. The lowest BCUT2D eigenvalue weighted by molar-refractivity contribution is 0.0610. The minimum absolute atomic E-state index is 0.496. The molecule has 1 aromatic rings. The second-order valence-corrected chi connectivity index (χ2v) is 5.20. The molecule has 0 aliphatic carbocycles. The van der Waals surface area contributed by atoms with Crippen molar-refractivity contribution in [2.24, 2.45) is 0 Å². The maximum atomic E-state index is 5.50. The Labute approximate surface area is 114 Å². The maximum absolute atomic E-state index is 5.50. The number of rotatable bonds is 3. The summed E-state index contributed by atoms with van der Waals surface area (Å²) in [6, 6.07) is 6.61. The highest BCUT2D eigenvalue weighted by Crippen LogP contribution is 2.12. The lowest BCUT2D eigenvalue weighted by Crippen LogP contribution is -2.53. The normalized spacial score (nSPS) is 25.5. The zero-order valence-corrected chi connectivity index (χ0v) is 11.3. The third-order valence-electron chi connectivity index (χ3n) is 3.82. The molecule has 0 radical (unpaired) electrons. The van der Waals surface area contributed by atoms with Crippen molar-refractivity contribution in [2.45, 2.75) is 6.04 Å². The molecule has 2 fully saturated rings. The van der Waals surface area contributed by atoms with Gasteiger partial charge < -0.3 is 15.0 Å². The van der Waals surface area contributed by atoms with Crippen LogP contribution in [0.25, 0.3) is 0 Å². The van der Waals surface area contributed by atoms with Crippen molar-refractivity contribution in [1.82, 2.24) is 15.2 Å². The van der Waals surface area contributed by atoms with E-state index in [1.54, 1.807) is 0 Å². The van der Waals surface area contributed by atoms with Gasteiger partial charge in [0.05, 0.1) is 13.2 Å². The first kappa shape index (κ1) is 12.8. The summed E-state index contributed by atoms with van der Waals surface area (Å²) >= 11 is 0. The molecule has 1 aromatic heterocycles. The third kappa shape index (κ3) is 3.43. The Morgan fingerprint density at radius 1 is 1.26 bits per heavy atom. The van der Waals surface area contributed by atoms with Crippen molar-refractivity contribution in [3.8, 4) is 0 Å². The molecule has 2 saturated heterocycles. The van der Waals surface area contributed by atoms with E-state index in [1.165, 1.54) is 0 Å². The molecular weight excluding hydrogens is 240 g/mol. The van der Waals surface area contributed by atoms with Gasteiger partial charge in [0.1, 0.15) is 5.82 Å². The Bertz CT molecular complexity index is 372. The van der Waals surface area contributed by atoms with Crippen LogP contribution in [0.2, 0.25) is 0 Å². The predicted molar refractivity (Wildman–Crippen MR) is 75.5 cm³/mol. The highest BCUT2D eigenvalue weighted by atomic mass is 16.5. The largest absolute Gasteiger partial charge is 0.378 e. The summed E-state index contributed by atoms with van der Waals surface area (Å²) in [5.74, 6) is 1.10. The van der Waals surface area contributed by atoms with Crippen LogP contribution in [-0.2, 0) is 4.74 Å². The van der Waals surface area contributed by atoms with Crippen LogP contribution in [-0.4, -0.2) is 68.4 Å². The van der Waals surface area contributed by atoms with Gasteiger partial charge in [-0.1, -0.05) is 6.07 Å². The lowest BCUT2D eigenvalue weighted by Gasteiger charge is -2.37. The SMILES string of the molecule is c1ccc(N2CCN(CC3COCCN3)CC2)nc1. The summed E-state index contributed by atoms with van der Waals surface area (Å²) < 4.78 is 5.50. The highest BCUT2D eigenvalue weighted by molar-refractivity contribution is 5.38. The van der Waals surface area contributed by atoms with Gasteiger partial charge in [0.15, 0.2) is 0 Å². The van der Waals surface area contributed by atoms with E-state index < -0.39 is 0 Å². The highest BCUT2D eigenvalue weighted by Gasteiger charge is 2.21. The second-order valence-electron chi connectivity index (χ2n) is 5.20. The third-order valence-corrected chi connectivity index (χ3v) is 3.82. The van der Waals surface area contributed by atoms with Gasteiger partial charge in [-0.3, -0.25) is 4.90 Å². The monoisotopic (exact) mass is 262 g/mol. The van der Waals surface area contributed by atoms with Crippen molar-refractivity contribution in [2.75, 3.05) is 57.4 Å². The summed E-state index contributed by atoms with van der Waals surface area (Å²) in [7, 11) is 0. The van der Waals surface area contributed by atoms with E-state index >= 15 is 0 Å². The van der Waals surface area contributed by atoms with Crippen molar-refractivity contribution in [3.05, 3.63) is 24.4 Å². The van der Waals surface area contributed by atoms with E-state index in [2.05, 4.69) is 32.2 Å². The molecule has 2 aliphatic heterocycles. The van der Waals surface area contributed by atoms with Crippen LogP contribution in [0.4, 0.5) is 5.82 Å². The summed E-state index contributed by atoms with van der Waals surface area (Å²) in [5, 5.41) is 3.52. The van der Waals surface area contributed by atoms with Gasteiger partial charge in [0.2, 0.25) is 0 Å². The molecule has 0 aromatic carbocycles. The van der Waals surface area contributed by atoms with Crippen LogP contribution in [0, 0.1) is 0 Å². The average molecular weight is 262 g/mol. The Morgan fingerprint density at radius 2 is 2.16 bits per heavy atom. The number of pyridine rings is 1. The number of nitrogens with one attached hydrogen (secondary N) is 1. The number of hydrogen-bond donors (Lipinski definition) is 1. The zero-order chi connectivity index (χ0) is 12.9. The average Bonchev–Trinajstić information content (AvgIpc) is 2.50. The Hall–Kier alpha value is -1.17. The smallest absolute Gasteiger partial charge is 0.128 e. The molecule has 3 heterocycles. The fourth-order valence-corrected chi connectivity index (χ4v) is 2.75.